The minimum atomic E-state index is -0.667. The van der Waals surface area contributed by atoms with Crippen molar-refractivity contribution in [2.24, 2.45) is 11.7 Å². The van der Waals surface area contributed by atoms with E-state index in [1.165, 1.54) is 0 Å². The van der Waals surface area contributed by atoms with Crippen LogP contribution in [0.2, 0.25) is 0 Å². The molecule has 0 saturated heterocycles. The fourth-order valence-electron chi connectivity index (χ4n) is 2.18. The average molecular weight is 297 g/mol. The summed E-state index contributed by atoms with van der Waals surface area (Å²) in [6.45, 7) is 6.02. The van der Waals surface area contributed by atoms with E-state index in [0.29, 0.717) is 28.3 Å². The molecule has 2 unspecified atom stereocenters. The van der Waals surface area contributed by atoms with E-state index in [1.807, 2.05) is 26.8 Å². The smallest absolute Gasteiger partial charge is 0.249 e. The van der Waals surface area contributed by atoms with Gasteiger partial charge in [0.05, 0.1) is 28.9 Å². The van der Waals surface area contributed by atoms with E-state index in [-0.39, 0.29) is 6.04 Å². The van der Waals surface area contributed by atoms with Gasteiger partial charge in [-0.2, -0.15) is 5.26 Å². The molecule has 0 fully saturated rings. The lowest BCUT2D eigenvalue weighted by molar-refractivity contribution is 0.558. The largest absolute Gasteiger partial charge is 0.379 e. The molecule has 0 aliphatic carbocycles. The molecule has 0 aliphatic rings. The van der Waals surface area contributed by atoms with Gasteiger partial charge in [0, 0.05) is 6.04 Å². The third-order valence-corrected chi connectivity index (χ3v) is 4.03. The Morgan fingerprint density at radius 2 is 1.68 bits per heavy atom. The number of hydrogen-bond donors (Lipinski definition) is 2. The van der Waals surface area contributed by atoms with Gasteiger partial charge in [0.2, 0.25) is 10.9 Å². The summed E-state index contributed by atoms with van der Waals surface area (Å²) in [6.07, 6.45) is 0. The van der Waals surface area contributed by atoms with Crippen molar-refractivity contribution in [2.75, 3.05) is 5.32 Å². The Morgan fingerprint density at radius 1 is 1.09 bits per heavy atom. The molecule has 3 N–H and O–H groups in total. The second kappa shape index (κ2) is 6.12. The Bertz CT molecular complexity index is 778. The van der Waals surface area contributed by atoms with Gasteiger partial charge in [-0.15, -0.1) is 0 Å². The highest BCUT2D eigenvalue weighted by molar-refractivity contribution is 5.60. The molecule has 0 radical (unpaired) electrons. The molecule has 5 nitrogen and oxygen atoms in total. The first-order valence-electron chi connectivity index (χ1n) is 7.22. The van der Waals surface area contributed by atoms with Gasteiger partial charge in [-0.1, -0.05) is 26.0 Å². The quantitative estimate of drug-likeness (QED) is 0.818. The molecule has 5 heteroatoms. The highest BCUT2D eigenvalue weighted by Crippen LogP contribution is 2.24. The molecule has 2 atom stereocenters. The van der Waals surface area contributed by atoms with Gasteiger partial charge in [0.15, 0.2) is 0 Å². The molecule has 0 bridgehead atoms. The highest BCUT2D eigenvalue weighted by atomic mass is 16.2. The minimum Gasteiger partial charge on any atom is -0.379 e. The lowest BCUT2D eigenvalue weighted by Gasteiger charge is -2.24. The Kier molecular flexibility index (Phi) is 4.43. The molecule has 2 aromatic rings. The molecule has 0 aromatic heterocycles. The fraction of sp³-hybridized carbons (Fsp3) is 0.353. The summed E-state index contributed by atoms with van der Waals surface area (Å²) in [7, 11) is 0. The van der Waals surface area contributed by atoms with E-state index < -0.39 is 16.9 Å². The number of nitriles is 1. The van der Waals surface area contributed by atoms with Crippen molar-refractivity contribution < 1.29 is 0 Å². The molecule has 0 aliphatic heterocycles. The monoisotopic (exact) mass is 297 g/mol. The molecule has 0 spiro atoms. The lowest BCUT2D eigenvalue weighted by atomic mass is 9.92. The maximum atomic E-state index is 11.9. The molecular weight excluding hydrogens is 278 g/mol. The van der Waals surface area contributed by atoms with Gasteiger partial charge in [-0.05, 0) is 30.5 Å². The van der Waals surface area contributed by atoms with Crippen LogP contribution >= 0.6 is 0 Å². The van der Waals surface area contributed by atoms with E-state index in [2.05, 4.69) is 5.32 Å². The van der Waals surface area contributed by atoms with Gasteiger partial charge >= 0.3 is 0 Å². The van der Waals surface area contributed by atoms with Gasteiger partial charge in [0.1, 0.15) is 0 Å². The van der Waals surface area contributed by atoms with Crippen LogP contribution in [0.3, 0.4) is 0 Å². The molecule has 2 aromatic carbocycles. The van der Waals surface area contributed by atoms with Gasteiger partial charge in [-0.3, -0.25) is 9.59 Å². The summed E-state index contributed by atoms with van der Waals surface area (Å²) in [5.41, 5.74) is 6.96. The lowest BCUT2D eigenvalue weighted by Crippen LogP contribution is -2.43. The number of anilines is 1. The van der Waals surface area contributed by atoms with Gasteiger partial charge in [0.25, 0.3) is 0 Å². The van der Waals surface area contributed by atoms with Crippen LogP contribution in [0.25, 0.3) is 0 Å². The van der Waals surface area contributed by atoms with Crippen LogP contribution in [0.1, 0.15) is 43.5 Å². The third-order valence-electron chi connectivity index (χ3n) is 4.03. The van der Waals surface area contributed by atoms with E-state index in [9.17, 15) is 9.59 Å². The topological polar surface area (TPSA) is 96.0 Å². The van der Waals surface area contributed by atoms with Crippen molar-refractivity contribution >= 4 is 5.69 Å². The van der Waals surface area contributed by atoms with E-state index in [1.54, 1.807) is 24.3 Å². The fourth-order valence-corrected chi connectivity index (χ4v) is 2.18. The van der Waals surface area contributed by atoms with Crippen molar-refractivity contribution in [1.82, 2.24) is 0 Å². The minimum absolute atomic E-state index is 0.0650. The zero-order chi connectivity index (χ0) is 16.4. The normalized spacial score (nSPS) is 13.8. The number of hydrogen-bond acceptors (Lipinski definition) is 5. The maximum Gasteiger partial charge on any atom is 0.249 e. The summed E-state index contributed by atoms with van der Waals surface area (Å²) in [4.78, 5) is 23.7. The summed E-state index contributed by atoms with van der Waals surface area (Å²) < 4.78 is 0. The Labute approximate surface area is 129 Å². The number of benzene rings is 1. The summed E-state index contributed by atoms with van der Waals surface area (Å²) in [5.74, 6) is 0.323. The first kappa shape index (κ1) is 15.9. The molecule has 114 valence electrons. The highest BCUT2D eigenvalue weighted by Gasteiger charge is 2.28. The maximum absolute atomic E-state index is 11.9. The van der Waals surface area contributed by atoms with Crippen LogP contribution in [-0.4, -0.2) is 6.04 Å². The first-order chi connectivity index (χ1) is 10.4. The van der Waals surface area contributed by atoms with Crippen LogP contribution in [0, 0.1) is 17.2 Å². The van der Waals surface area contributed by atoms with Crippen LogP contribution in [0.15, 0.2) is 33.9 Å². The zero-order valence-corrected chi connectivity index (χ0v) is 12.9. The Hall–Kier alpha value is -2.45. The van der Waals surface area contributed by atoms with E-state index in [0.717, 1.165) is 0 Å². The number of nitrogens with zero attached hydrogens (tertiary/aromatic N) is 1. The van der Waals surface area contributed by atoms with E-state index in [4.69, 9.17) is 11.0 Å². The standard InChI is InChI=1S/C17H19N3O2/c1-9(2)10(3)20-15-13(16(21)17(15)22)14(19)12-6-4-11(8-18)5-7-12/h4-7,9-10,14,20H,19H2,1-3H3. The number of nitrogens with two attached hydrogens (primary N) is 1. The molecule has 0 saturated carbocycles. The predicted octanol–water partition coefficient (Wildman–Crippen LogP) is 1.66. The second-order valence-electron chi connectivity index (χ2n) is 5.84. The van der Waals surface area contributed by atoms with E-state index >= 15 is 0 Å². The van der Waals surface area contributed by atoms with Crippen LogP contribution in [0.5, 0.6) is 0 Å². The third kappa shape index (κ3) is 2.78. The van der Waals surface area contributed by atoms with Crippen molar-refractivity contribution in [3.05, 3.63) is 61.4 Å². The summed E-state index contributed by atoms with van der Waals surface area (Å²) >= 11 is 0. The predicted molar refractivity (Wildman–Crippen MR) is 86.5 cm³/mol. The van der Waals surface area contributed by atoms with Crippen molar-refractivity contribution in [3.63, 3.8) is 0 Å². The Balaban J connectivity index is 2.32. The van der Waals surface area contributed by atoms with Crippen molar-refractivity contribution in [2.45, 2.75) is 32.9 Å². The average Bonchev–Trinajstić information content (AvgIpc) is 2.53. The SMILES string of the molecule is CC(C)C(C)Nc1c(C(N)c2ccc(C#N)cc2)c(=O)c1=O. The molecule has 2 rings (SSSR count). The van der Waals surface area contributed by atoms with Crippen molar-refractivity contribution in [1.29, 1.82) is 5.26 Å². The molecule has 22 heavy (non-hydrogen) atoms. The summed E-state index contributed by atoms with van der Waals surface area (Å²) in [5, 5.41) is 11.9. The first-order valence-corrected chi connectivity index (χ1v) is 7.22. The van der Waals surface area contributed by atoms with Gasteiger partial charge in [-0.25, -0.2) is 0 Å². The van der Waals surface area contributed by atoms with Crippen molar-refractivity contribution in [3.8, 4) is 6.07 Å². The molecule has 0 heterocycles. The summed E-state index contributed by atoms with van der Waals surface area (Å²) in [6, 6.07) is 8.12. The molecule has 0 amide bonds. The Morgan fingerprint density at radius 3 is 2.18 bits per heavy atom. The second-order valence-corrected chi connectivity index (χ2v) is 5.84. The number of nitrogens with one attached hydrogen (secondary N) is 1. The zero-order valence-electron chi connectivity index (χ0n) is 12.9. The molecular formula is C17H19N3O2. The number of rotatable bonds is 5. The van der Waals surface area contributed by atoms with Crippen LogP contribution < -0.4 is 21.9 Å². The van der Waals surface area contributed by atoms with Crippen LogP contribution in [0.4, 0.5) is 5.69 Å². The van der Waals surface area contributed by atoms with Gasteiger partial charge < -0.3 is 11.1 Å². The van der Waals surface area contributed by atoms with Crippen LogP contribution in [-0.2, 0) is 0 Å².